The van der Waals surface area contributed by atoms with Gasteiger partial charge in [-0.1, -0.05) is 19.3 Å². The first-order valence-electron chi connectivity index (χ1n) is 7.01. The van der Waals surface area contributed by atoms with Crippen molar-refractivity contribution < 1.29 is 18.3 Å². The van der Waals surface area contributed by atoms with Crippen LogP contribution in [0.15, 0.2) is 23.1 Å². The SMILES string of the molecule is CNc1ccc(S(=O)(=O)NC2CCCCC2)cc1C(=O)O. The Hall–Kier alpha value is -1.60. The van der Waals surface area contributed by atoms with Gasteiger partial charge in [0.25, 0.3) is 0 Å². The number of anilines is 1. The molecule has 0 radical (unpaired) electrons. The second kappa shape index (κ2) is 6.44. The molecule has 1 aliphatic carbocycles. The topological polar surface area (TPSA) is 95.5 Å². The molecule has 0 atom stereocenters. The summed E-state index contributed by atoms with van der Waals surface area (Å²) in [7, 11) is -2.09. The summed E-state index contributed by atoms with van der Waals surface area (Å²) >= 11 is 0. The maximum atomic E-state index is 12.4. The number of rotatable bonds is 5. The van der Waals surface area contributed by atoms with Crippen molar-refractivity contribution in [2.24, 2.45) is 0 Å². The van der Waals surface area contributed by atoms with Crippen molar-refractivity contribution in [3.8, 4) is 0 Å². The third-order valence-corrected chi connectivity index (χ3v) is 5.25. The third-order valence-electron chi connectivity index (χ3n) is 3.73. The molecule has 7 heteroatoms. The van der Waals surface area contributed by atoms with Crippen LogP contribution in [0.4, 0.5) is 5.69 Å². The van der Waals surface area contributed by atoms with Crippen molar-refractivity contribution in [2.75, 3.05) is 12.4 Å². The van der Waals surface area contributed by atoms with Crippen LogP contribution in [0.5, 0.6) is 0 Å². The molecule has 1 aliphatic rings. The van der Waals surface area contributed by atoms with Gasteiger partial charge in [0.15, 0.2) is 0 Å². The number of aromatic carboxylic acids is 1. The van der Waals surface area contributed by atoms with Crippen LogP contribution in [-0.4, -0.2) is 32.6 Å². The van der Waals surface area contributed by atoms with Gasteiger partial charge in [-0.25, -0.2) is 17.9 Å². The van der Waals surface area contributed by atoms with Crippen LogP contribution in [0.3, 0.4) is 0 Å². The van der Waals surface area contributed by atoms with Gasteiger partial charge in [-0.2, -0.15) is 0 Å². The highest BCUT2D eigenvalue weighted by Crippen LogP contribution is 2.23. The van der Waals surface area contributed by atoms with E-state index in [1.807, 2.05) is 0 Å². The molecule has 116 valence electrons. The number of hydrogen-bond donors (Lipinski definition) is 3. The average molecular weight is 312 g/mol. The van der Waals surface area contributed by atoms with E-state index in [0.717, 1.165) is 32.1 Å². The molecule has 6 nitrogen and oxygen atoms in total. The molecular formula is C14H20N2O4S. The largest absolute Gasteiger partial charge is 0.478 e. The third kappa shape index (κ3) is 3.74. The molecule has 3 N–H and O–H groups in total. The number of carboxylic acids is 1. The molecule has 0 aromatic heterocycles. The first-order chi connectivity index (χ1) is 9.94. The van der Waals surface area contributed by atoms with Crippen LogP contribution >= 0.6 is 0 Å². The highest BCUT2D eigenvalue weighted by molar-refractivity contribution is 7.89. The van der Waals surface area contributed by atoms with Crippen LogP contribution in [0.2, 0.25) is 0 Å². The van der Waals surface area contributed by atoms with Crippen molar-refractivity contribution in [3.63, 3.8) is 0 Å². The van der Waals surface area contributed by atoms with Crippen molar-refractivity contribution in [1.29, 1.82) is 0 Å². The molecule has 1 saturated carbocycles. The molecular weight excluding hydrogens is 292 g/mol. The molecule has 2 rings (SSSR count). The van der Waals surface area contributed by atoms with Crippen LogP contribution in [0, 0.1) is 0 Å². The van der Waals surface area contributed by atoms with E-state index in [-0.39, 0.29) is 16.5 Å². The zero-order chi connectivity index (χ0) is 15.5. The van der Waals surface area contributed by atoms with Gasteiger partial charge in [-0.15, -0.1) is 0 Å². The number of nitrogens with one attached hydrogen (secondary N) is 2. The van der Waals surface area contributed by atoms with E-state index in [0.29, 0.717) is 5.69 Å². The lowest BCUT2D eigenvalue weighted by molar-refractivity contribution is 0.0697. The van der Waals surface area contributed by atoms with E-state index in [4.69, 9.17) is 5.11 Å². The lowest BCUT2D eigenvalue weighted by Crippen LogP contribution is -2.36. The molecule has 0 aliphatic heterocycles. The molecule has 1 aromatic carbocycles. The van der Waals surface area contributed by atoms with Crippen LogP contribution in [0.1, 0.15) is 42.5 Å². The van der Waals surface area contributed by atoms with Gasteiger partial charge in [0.2, 0.25) is 10.0 Å². The standard InChI is InChI=1S/C14H20N2O4S/c1-15-13-8-7-11(9-12(13)14(17)18)21(19,20)16-10-5-3-2-4-6-10/h7-10,15-16H,2-6H2,1H3,(H,17,18). The van der Waals surface area contributed by atoms with E-state index in [2.05, 4.69) is 10.0 Å². The Morgan fingerprint density at radius 1 is 1.24 bits per heavy atom. The Morgan fingerprint density at radius 2 is 1.90 bits per heavy atom. The Kier molecular flexibility index (Phi) is 4.84. The minimum atomic E-state index is -3.68. The molecule has 1 fully saturated rings. The van der Waals surface area contributed by atoms with Gasteiger partial charge < -0.3 is 10.4 Å². The van der Waals surface area contributed by atoms with Gasteiger partial charge in [0.1, 0.15) is 0 Å². The van der Waals surface area contributed by atoms with Crippen LogP contribution in [0.25, 0.3) is 0 Å². The minimum Gasteiger partial charge on any atom is -0.478 e. The predicted octanol–water partition coefficient (Wildman–Crippen LogP) is 2.04. The van der Waals surface area contributed by atoms with E-state index >= 15 is 0 Å². The Balaban J connectivity index is 2.27. The molecule has 0 saturated heterocycles. The molecule has 0 bridgehead atoms. The van der Waals surface area contributed by atoms with Crippen LogP contribution in [-0.2, 0) is 10.0 Å². The van der Waals surface area contributed by atoms with Crippen molar-refractivity contribution in [1.82, 2.24) is 4.72 Å². The zero-order valence-corrected chi connectivity index (χ0v) is 12.7. The number of benzene rings is 1. The van der Waals surface area contributed by atoms with E-state index in [1.54, 1.807) is 7.05 Å². The summed E-state index contributed by atoms with van der Waals surface area (Å²) < 4.78 is 27.4. The molecule has 0 amide bonds. The Bertz CT molecular complexity index is 622. The van der Waals surface area contributed by atoms with Gasteiger partial charge >= 0.3 is 5.97 Å². The summed E-state index contributed by atoms with van der Waals surface area (Å²) in [5.74, 6) is -1.16. The predicted molar refractivity (Wildman–Crippen MR) is 80.1 cm³/mol. The Morgan fingerprint density at radius 3 is 2.48 bits per heavy atom. The minimum absolute atomic E-state index is 0.00975. The smallest absolute Gasteiger partial charge is 0.337 e. The number of hydrogen-bond acceptors (Lipinski definition) is 4. The summed E-state index contributed by atoms with van der Waals surface area (Å²) in [5, 5.41) is 11.9. The summed E-state index contributed by atoms with van der Waals surface area (Å²) in [6.45, 7) is 0. The van der Waals surface area contributed by atoms with Crippen molar-refractivity contribution in [2.45, 2.75) is 43.0 Å². The maximum absolute atomic E-state index is 12.4. The average Bonchev–Trinajstić information content (AvgIpc) is 2.47. The van der Waals surface area contributed by atoms with Crippen LogP contribution < -0.4 is 10.0 Å². The fourth-order valence-electron chi connectivity index (χ4n) is 2.59. The summed E-state index contributed by atoms with van der Waals surface area (Å²) in [5.41, 5.74) is 0.336. The Labute approximate surface area is 124 Å². The summed E-state index contributed by atoms with van der Waals surface area (Å²) in [6, 6.07) is 4.03. The quantitative estimate of drug-likeness (QED) is 0.773. The number of carboxylic acid groups (broad SMARTS) is 1. The van der Waals surface area contributed by atoms with E-state index < -0.39 is 16.0 Å². The molecule has 0 unspecified atom stereocenters. The normalized spacial score (nSPS) is 16.6. The second-order valence-electron chi connectivity index (χ2n) is 5.22. The number of sulfonamides is 1. The van der Waals surface area contributed by atoms with Gasteiger partial charge in [0.05, 0.1) is 10.5 Å². The molecule has 21 heavy (non-hydrogen) atoms. The van der Waals surface area contributed by atoms with Gasteiger partial charge in [0, 0.05) is 18.8 Å². The monoisotopic (exact) mass is 312 g/mol. The van der Waals surface area contributed by atoms with Gasteiger partial charge in [-0.05, 0) is 31.0 Å². The molecule has 0 heterocycles. The lowest BCUT2D eigenvalue weighted by Gasteiger charge is -2.22. The fraction of sp³-hybridized carbons (Fsp3) is 0.500. The molecule has 1 aromatic rings. The highest BCUT2D eigenvalue weighted by Gasteiger charge is 2.23. The molecule has 0 spiro atoms. The van der Waals surface area contributed by atoms with E-state index in [9.17, 15) is 13.2 Å². The number of carbonyl (C=O) groups is 1. The zero-order valence-electron chi connectivity index (χ0n) is 11.9. The van der Waals surface area contributed by atoms with Crippen molar-refractivity contribution >= 4 is 21.7 Å². The van der Waals surface area contributed by atoms with Crippen molar-refractivity contribution in [3.05, 3.63) is 23.8 Å². The first-order valence-corrected chi connectivity index (χ1v) is 8.50. The summed E-state index contributed by atoms with van der Waals surface area (Å²) in [4.78, 5) is 11.2. The van der Waals surface area contributed by atoms with Gasteiger partial charge in [-0.3, -0.25) is 0 Å². The highest BCUT2D eigenvalue weighted by atomic mass is 32.2. The first kappa shape index (κ1) is 15.8. The summed E-state index contributed by atoms with van der Waals surface area (Å²) in [6.07, 6.45) is 4.84. The second-order valence-corrected chi connectivity index (χ2v) is 6.93. The maximum Gasteiger partial charge on any atom is 0.337 e. The lowest BCUT2D eigenvalue weighted by atomic mass is 9.96. The van der Waals surface area contributed by atoms with E-state index in [1.165, 1.54) is 18.2 Å². The fourth-order valence-corrected chi connectivity index (χ4v) is 3.92.